The van der Waals surface area contributed by atoms with Gasteiger partial charge < -0.3 is 10.0 Å². The minimum atomic E-state index is -0.166. The Morgan fingerprint density at radius 2 is 1.96 bits per heavy atom. The average molecular weight is 368 g/mol. The maximum absolute atomic E-state index is 12.9. The molecule has 0 aliphatic carbocycles. The largest absolute Gasteiger partial charge is 0.507 e. The van der Waals surface area contributed by atoms with Gasteiger partial charge in [-0.2, -0.15) is 0 Å². The van der Waals surface area contributed by atoms with Gasteiger partial charge >= 0.3 is 0 Å². The van der Waals surface area contributed by atoms with Gasteiger partial charge in [-0.25, -0.2) is 0 Å². The standard InChI is InChI=1S/C19H21NO2S.C3H4/c1-3-8-15(4-2)13-20(14-16-9-7-12-23-16)19(22)17-10-5-6-11-18(17)21;1-3-2/h3-12,21H,13-14H2,1-2H3;1H,2H3/b8-3-,15-4+;. The predicted molar refractivity (Wildman–Crippen MR) is 110 cm³/mol. The first-order chi connectivity index (χ1) is 12.6. The zero-order chi connectivity index (χ0) is 19.4. The summed E-state index contributed by atoms with van der Waals surface area (Å²) in [6.07, 6.45) is 10.6. The van der Waals surface area contributed by atoms with Crippen molar-refractivity contribution in [2.24, 2.45) is 0 Å². The molecule has 0 saturated carbocycles. The lowest BCUT2D eigenvalue weighted by Crippen LogP contribution is -2.32. The molecular formula is C22H25NO2S. The number of terminal acetylenes is 1. The van der Waals surface area contributed by atoms with Crippen molar-refractivity contribution < 1.29 is 9.90 Å². The maximum Gasteiger partial charge on any atom is 0.258 e. The second-order valence-corrected chi connectivity index (χ2v) is 6.44. The highest BCUT2D eigenvalue weighted by Crippen LogP contribution is 2.21. The van der Waals surface area contributed by atoms with Gasteiger partial charge in [-0.1, -0.05) is 36.4 Å². The lowest BCUT2D eigenvalue weighted by molar-refractivity contribution is 0.0758. The average Bonchev–Trinajstić information content (AvgIpc) is 3.14. The van der Waals surface area contributed by atoms with Gasteiger partial charge in [0, 0.05) is 11.4 Å². The zero-order valence-electron chi connectivity index (χ0n) is 15.5. The molecule has 1 heterocycles. The monoisotopic (exact) mass is 367 g/mol. The van der Waals surface area contributed by atoms with E-state index in [-0.39, 0.29) is 11.7 Å². The molecule has 0 atom stereocenters. The molecule has 1 amide bonds. The summed E-state index contributed by atoms with van der Waals surface area (Å²) in [5.74, 6) is 2.10. The van der Waals surface area contributed by atoms with E-state index < -0.39 is 0 Å². The van der Waals surface area contributed by atoms with Gasteiger partial charge in [-0.3, -0.25) is 4.79 Å². The number of carbonyl (C=O) groups is 1. The zero-order valence-corrected chi connectivity index (χ0v) is 16.3. The molecule has 26 heavy (non-hydrogen) atoms. The number of nitrogens with zero attached hydrogens (tertiary/aromatic N) is 1. The number of hydrogen-bond donors (Lipinski definition) is 1. The van der Waals surface area contributed by atoms with E-state index in [1.807, 2.05) is 49.6 Å². The molecule has 1 aromatic heterocycles. The van der Waals surface area contributed by atoms with Gasteiger partial charge in [0.05, 0.1) is 12.1 Å². The number of phenolic OH excluding ortho intramolecular Hbond substituents is 1. The van der Waals surface area contributed by atoms with Crippen LogP contribution in [-0.4, -0.2) is 22.5 Å². The van der Waals surface area contributed by atoms with Gasteiger partial charge in [0.25, 0.3) is 5.91 Å². The molecule has 0 radical (unpaired) electrons. The molecule has 1 aromatic carbocycles. The molecule has 4 heteroatoms. The first-order valence-electron chi connectivity index (χ1n) is 8.32. The minimum Gasteiger partial charge on any atom is -0.507 e. The topological polar surface area (TPSA) is 40.5 Å². The molecule has 0 fully saturated rings. The van der Waals surface area contributed by atoms with Crippen LogP contribution in [0.1, 0.15) is 36.0 Å². The number of carbonyl (C=O) groups excluding carboxylic acids is 1. The Bertz CT molecular complexity index is 783. The van der Waals surface area contributed by atoms with E-state index in [4.69, 9.17) is 0 Å². The molecule has 0 aliphatic rings. The molecule has 0 aliphatic heterocycles. The van der Waals surface area contributed by atoms with Gasteiger partial charge in [0.2, 0.25) is 0 Å². The van der Waals surface area contributed by atoms with Crippen LogP contribution >= 0.6 is 11.3 Å². The fraction of sp³-hybridized carbons (Fsp3) is 0.227. The molecule has 2 aromatic rings. The summed E-state index contributed by atoms with van der Waals surface area (Å²) in [5, 5.41) is 12.0. The van der Waals surface area contributed by atoms with Crippen LogP contribution in [-0.2, 0) is 6.54 Å². The van der Waals surface area contributed by atoms with Crippen LogP contribution in [0.5, 0.6) is 5.75 Å². The van der Waals surface area contributed by atoms with Gasteiger partial charge in [0.15, 0.2) is 0 Å². The minimum absolute atomic E-state index is 0.0155. The number of thiophene rings is 1. The Kier molecular flexibility index (Phi) is 9.59. The molecular weight excluding hydrogens is 342 g/mol. The number of phenols is 1. The summed E-state index contributed by atoms with van der Waals surface area (Å²) in [7, 11) is 0. The van der Waals surface area contributed by atoms with Crippen LogP contribution in [0.4, 0.5) is 0 Å². The molecule has 0 saturated heterocycles. The Morgan fingerprint density at radius 3 is 2.50 bits per heavy atom. The highest BCUT2D eigenvalue weighted by molar-refractivity contribution is 7.09. The third kappa shape index (κ3) is 6.62. The highest BCUT2D eigenvalue weighted by Gasteiger charge is 2.19. The summed E-state index contributed by atoms with van der Waals surface area (Å²) in [6, 6.07) is 10.7. The summed E-state index contributed by atoms with van der Waals surface area (Å²) >= 11 is 1.62. The Hall–Kier alpha value is -2.77. The van der Waals surface area contributed by atoms with E-state index in [1.165, 1.54) is 0 Å². The van der Waals surface area contributed by atoms with E-state index in [2.05, 4.69) is 12.3 Å². The first-order valence-corrected chi connectivity index (χ1v) is 9.20. The number of para-hydroxylation sites is 1. The van der Waals surface area contributed by atoms with E-state index in [1.54, 1.807) is 47.4 Å². The Balaban J connectivity index is 0.00000105. The van der Waals surface area contributed by atoms with Gasteiger partial charge in [-0.15, -0.1) is 23.7 Å². The number of aromatic hydroxyl groups is 1. The van der Waals surface area contributed by atoms with Crippen molar-refractivity contribution in [1.82, 2.24) is 4.90 Å². The number of rotatable bonds is 6. The third-order valence-electron chi connectivity index (χ3n) is 3.47. The lowest BCUT2D eigenvalue weighted by Gasteiger charge is -2.23. The van der Waals surface area contributed by atoms with E-state index in [0.29, 0.717) is 18.7 Å². The van der Waals surface area contributed by atoms with Crippen LogP contribution in [0.2, 0.25) is 0 Å². The van der Waals surface area contributed by atoms with E-state index in [0.717, 1.165) is 10.5 Å². The summed E-state index contributed by atoms with van der Waals surface area (Å²) < 4.78 is 0. The second-order valence-electron chi connectivity index (χ2n) is 5.41. The van der Waals surface area contributed by atoms with Crippen LogP contribution in [0.3, 0.4) is 0 Å². The maximum atomic E-state index is 12.9. The summed E-state index contributed by atoms with van der Waals surface area (Å²) in [5.41, 5.74) is 1.40. The van der Waals surface area contributed by atoms with Crippen LogP contribution in [0.15, 0.2) is 65.6 Å². The lowest BCUT2D eigenvalue weighted by atomic mass is 10.1. The second kappa shape index (κ2) is 11.7. The molecule has 3 nitrogen and oxygen atoms in total. The normalized spacial score (nSPS) is 10.8. The van der Waals surface area contributed by atoms with E-state index in [9.17, 15) is 9.90 Å². The third-order valence-corrected chi connectivity index (χ3v) is 4.33. The van der Waals surface area contributed by atoms with Crippen molar-refractivity contribution in [2.45, 2.75) is 27.3 Å². The smallest absolute Gasteiger partial charge is 0.258 e. The summed E-state index contributed by atoms with van der Waals surface area (Å²) in [6.45, 7) is 6.60. The SMILES string of the molecule is C#CC.C/C=C\C(=C/C)CN(Cc1cccs1)C(=O)c1ccccc1O. The molecule has 136 valence electrons. The van der Waals surface area contributed by atoms with Crippen LogP contribution in [0.25, 0.3) is 0 Å². The van der Waals surface area contributed by atoms with Gasteiger partial charge in [0.1, 0.15) is 5.75 Å². The Morgan fingerprint density at radius 1 is 1.27 bits per heavy atom. The number of amides is 1. The van der Waals surface area contributed by atoms with Crippen LogP contribution < -0.4 is 0 Å². The first kappa shape index (κ1) is 21.3. The van der Waals surface area contributed by atoms with Crippen molar-refractivity contribution in [2.75, 3.05) is 6.54 Å². The molecule has 0 bridgehead atoms. The van der Waals surface area contributed by atoms with Crippen molar-refractivity contribution in [3.63, 3.8) is 0 Å². The van der Waals surface area contributed by atoms with Crippen molar-refractivity contribution in [3.05, 3.63) is 76.0 Å². The highest BCUT2D eigenvalue weighted by atomic mass is 32.1. The predicted octanol–water partition coefficient (Wildman–Crippen LogP) is 5.26. The van der Waals surface area contributed by atoms with Crippen molar-refractivity contribution >= 4 is 17.2 Å². The molecule has 0 spiro atoms. The van der Waals surface area contributed by atoms with Crippen molar-refractivity contribution in [3.8, 4) is 18.1 Å². The molecule has 0 unspecified atom stereocenters. The molecule has 1 N–H and O–H groups in total. The summed E-state index contributed by atoms with van der Waals surface area (Å²) in [4.78, 5) is 15.7. The number of hydrogen-bond acceptors (Lipinski definition) is 3. The van der Waals surface area contributed by atoms with Crippen LogP contribution in [0, 0.1) is 12.3 Å². The van der Waals surface area contributed by atoms with E-state index >= 15 is 0 Å². The fourth-order valence-corrected chi connectivity index (χ4v) is 3.01. The van der Waals surface area contributed by atoms with Gasteiger partial charge in [-0.05, 0) is 49.9 Å². The van der Waals surface area contributed by atoms with Crippen molar-refractivity contribution in [1.29, 1.82) is 0 Å². The fourth-order valence-electron chi connectivity index (χ4n) is 2.29. The quantitative estimate of drug-likeness (QED) is 0.559. The number of allylic oxidation sites excluding steroid dienone is 2. The molecule has 2 rings (SSSR count). The number of benzene rings is 1. The Labute approximate surface area is 160 Å².